The van der Waals surface area contributed by atoms with Crippen LogP contribution >= 0.6 is 0 Å². The number of aromatic amines is 1. The Morgan fingerprint density at radius 2 is 1.93 bits per heavy atom. The van der Waals surface area contributed by atoms with E-state index in [2.05, 4.69) is 25.4 Å². The molecule has 7 nitrogen and oxygen atoms in total. The summed E-state index contributed by atoms with van der Waals surface area (Å²) in [6, 6.07) is 17.1. The van der Waals surface area contributed by atoms with Crippen LogP contribution in [0.1, 0.15) is 16.1 Å². The standard InChI is InChI=1S/C21H15N5O2/c1-12-16-10-14(11-22-21(16)28-26-12)20(27)23-15-8-6-13(7-9-15)19-24-17-4-2-3-5-18(17)25-19/h2-11H,1H3,(H,23,27)(H,24,25). The fraction of sp³-hybridized carbons (Fsp3) is 0.0476. The van der Waals surface area contributed by atoms with E-state index in [-0.39, 0.29) is 5.91 Å². The molecule has 136 valence electrons. The van der Waals surface area contributed by atoms with E-state index in [1.54, 1.807) is 6.07 Å². The van der Waals surface area contributed by atoms with Gasteiger partial charge in [-0.2, -0.15) is 0 Å². The van der Waals surface area contributed by atoms with E-state index >= 15 is 0 Å². The number of fused-ring (bicyclic) bond motifs is 2. The Morgan fingerprint density at radius 3 is 2.75 bits per heavy atom. The predicted molar refractivity (Wildman–Crippen MR) is 106 cm³/mol. The number of aromatic nitrogens is 4. The lowest BCUT2D eigenvalue weighted by Crippen LogP contribution is -2.12. The molecule has 0 aliphatic carbocycles. The second kappa shape index (κ2) is 6.31. The number of para-hydroxylation sites is 2. The number of nitrogens with one attached hydrogen (secondary N) is 2. The van der Waals surface area contributed by atoms with E-state index < -0.39 is 0 Å². The van der Waals surface area contributed by atoms with Gasteiger partial charge in [-0.25, -0.2) is 9.97 Å². The van der Waals surface area contributed by atoms with Crippen LogP contribution in [0.15, 0.2) is 65.3 Å². The molecule has 0 spiro atoms. The average Bonchev–Trinajstić information content (AvgIpc) is 3.32. The first-order chi connectivity index (χ1) is 13.7. The molecule has 0 unspecified atom stereocenters. The van der Waals surface area contributed by atoms with Crippen LogP contribution in [0.3, 0.4) is 0 Å². The number of pyridine rings is 1. The minimum atomic E-state index is -0.244. The number of benzene rings is 2. The molecule has 0 aliphatic rings. The Labute approximate surface area is 159 Å². The quantitative estimate of drug-likeness (QED) is 0.493. The van der Waals surface area contributed by atoms with Crippen LogP contribution in [0, 0.1) is 6.92 Å². The topological polar surface area (TPSA) is 96.7 Å². The summed E-state index contributed by atoms with van der Waals surface area (Å²) in [5.41, 5.74) is 5.10. The highest BCUT2D eigenvalue weighted by Gasteiger charge is 2.12. The van der Waals surface area contributed by atoms with Gasteiger partial charge in [0.05, 0.1) is 27.7 Å². The molecule has 28 heavy (non-hydrogen) atoms. The normalized spacial score (nSPS) is 11.2. The van der Waals surface area contributed by atoms with Crippen molar-refractivity contribution in [2.45, 2.75) is 6.92 Å². The van der Waals surface area contributed by atoms with Gasteiger partial charge in [0.2, 0.25) is 0 Å². The molecule has 0 aliphatic heterocycles. The Kier molecular flexibility index (Phi) is 3.65. The van der Waals surface area contributed by atoms with Gasteiger partial charge in [0.1, 0.15) is 5.82 Å². The minimum absolute atomic E-state index is 0.244. The van der Waals surface area contributed by atoms with E-state index in [9.17, 15) is 4.79 Å². The number of aryl methyl sites for hydroxylation is 1. The molecule has 0 atom stereocenters. The summed E-state index contributed by atoms with van der Waals surface area (Å²) in [5, 5.41) is 7.47. The van der Waals surface area contributed by atoms with E-state index in [0.29, 0.717) is 22.7 Å². The molecule has 1 amide bonds. The third kappa shape index (κ3) is 2.79. The molecule has 0 saturated carbocycles. The van der Waals surface area contributed by atoms with E-state index in [0.717, 1.165) is 27.8 Å². The lowest BCUT2D eigenvalue weighted by Gasteiger charge is -2.06. The number of imidazole rings is 1. The zero-order chi connectivity index (χ0) is 19.1. The highest BCUT2D eigenvalue weighted by molar-refractivity contribution is 6.05. The largest absolute Gasteiger partial charge is 0.338 e. The van der Waals surface area contributed by atoms with Crippen LogP contribution in [0.5, 0.6) is 0 Å². The maximum Gasteiger partial charge on any atom is 0.257 e. The minimum Gasteiger partial charge on any atom is -0.338 e. The van der Waals surface area contributed by atoms with Gasteiger partial charge in [0.15, 0.2) is 0 Å². The Bertz CT molecular complexity index is 1280. The number of amides is 1. The van der Waals surface area contributed by atoms with Gasteiger partial charge in [-0.05, 0) is 49.4 Å². The van der Waals surface area contributed by atoms with Crippen LogP contribution in [0.4, 0.5) is 5.69 Å². The molecule has 5 aromatic rings. The van der Waals surface area contributed by atoms with Gasteiger partial charge >= 0.3 is 0 Å². The van der Waals surface area contributed by atoms with Crippen LogP contribution in [0.2, 0.25) is 0 Å². The first-order valence-corrected chi connectivity index (χ1v) is 8.76. The number of rotatable bonds is 3. The number of nitrogens with zero attached hydrogens (tertiary/aromatic N) is 3. The molecule has 2 N–H and O–H groups in total. The van der Waals surface area contributed by atoms with Crippen LogP contribution in [-0.2, 0) is 0 Å². The number of carbonyl (C=O) groups excluding carboxylic acids is 1. The number of carbonyl (C=O) groups is 1. The number of anilines is 1. The zero-order valence-corrected chi connectivity index (χ0v) is 14.9. The second-order valence-electron chi connectivity index (χ2n) is 6.48. The molecular weight excluding hydrogens is 354 g/mol. The van der Waals surface area contributed by atoms with E-state index in [1.165, 1.54) is 6.20 Å². The molecule has 0 radical (unpaired) electrons. The third-order valence-corrected chi connectivity index (χ3v) is 4.58. The van der Waals surface area contributed by atoms with Crippen molar-refractivity contribution in [3.8, 4) is 11.4 Å². The van der Waals surface area contributed by atoms with Crippen LogP contribution in [-0.4, -0.2) is 26.0 Å². The second-order valence-corrected chi connectivity index (χ2v) is 6.48. The summed E-state index contributed by atoms with van der Waals surface area (Å²) >= 11 is 0. The zero-order valence-electron chi connectivity index (χ0n) is 14.9. The lowest BCUT2D eigenvalue weighted by molar-refractivity contribution is 0.102. The highest BCUT2D eigenvalue weighted by atomic mass is 16.5. The van der Waals surface area contributed by atoms with Crippen LogP contribution < -0.4 is 5.32 Å². The maximum atomic E-state index is 12.5. The first kappa shape index (κ1) is 16.2. The van der Waals surface area contributed by atoms with Gasteiger partial charge in [0, 0.05) is 17.4 Å². The Morgan fingerprint density at radius 1 is 1.11 bits per heavy atom. The van der Waals surface area contributed by atoms with Gasteiger partial charge in [-0.1, -0.05) is 17.3 Å². The van der Waals surface area contributed by atoms with Crippen molar-refractivity contribution in [3.05, 3.63) is 72.1 Å². The van der Waals surface area contributed by atoms with Crippen molar-refractivity contribution in [2.75, 3.05) is 5.32 Å². The average molecular weight is 369 g/mol. The van der Waals surface area contributed by atoms with Crippen molar-refractivity contribution in [3.63, 3.8) is 0 Å². The van der Waals surface area contributed by atoms with Crippen molar-refractivity contribution in [2.24, 2.45) is 0 Å². The molecule has 0 fully saturated rings. The maximum absolute atomic E-state index is 12.5. The molecule has 5 rings (SSSR count). The summed E-state index contributed by atoms with van der Waals surface area (Å²) in [7, 11) is 0. The fourth-order valence-corrected chi connectivity index (χ4v) is 3.07. The molecular formula is C21H15N5O2. The lowest BCUT2D eigenvalue weighted by atomic mass is 10.1. The van der Waals surface area contributed by atoms with Gasteiger partial charge in [-0.15, -0.1) is 0 Å². The molecule has 3 heterocycles. The monoisotopic (exact) mass is 369 g/mol. The molecule has 0 bridgehead atoms. The van der Waals surface area contributed by atoms with Gasteiger partial charge in [0.25, 0.3) is 11.6 Å². The van der Waals surface area contributed by atoms with Crippen molar-refractivity contribution in [1.82, 2.24) is 20.1 Å². The molecule has 7 heteroatoms. The highest BCUT2D eigenvalue weighted by Crippen LogP contribution is 2.23. The SMILES string of the molecule is Cc1noc2ncc(C(=O)Nc3ccc(-c4nc5ccccc5[nH]4)cc3)cc12. The van der Waals surface area contributed by atoms with Crippen LogP contribution in [0.25, 0.3) is 33.5 Å². The summed E-state index contributed by atoms with van der Waals surface area (Å²) in [6.45, 7) is 1.81. The number of H-pyrrole nitrogens is 1. The first-order valence-electron chi connectivity index (χ1n) is 8.76. The number of hydrogen-bond donors (Lipinski definition) is 2. The molecule has 0 saturated heterocycles. The van der Waals surface area contributed by atoms with Crippen molar-refractivity contribution in [1.29, 1.82) is 0 Å². The Hall–Kier alpha value is -4.00. The van der Waals surface area contributed by atoms with Gasteiger partial charge < -0.3 is 14.8 Å². The summed E-state index contributed by atoms with van der Waals surface area (Å²) in [6.07, 6.45) is 1.48. The summed E-state index contributed by atoms with van der Waals surface area (Å²) in [5.74, 6) is 0.545. The number of hydrogen-bond acceptors (Lipinski definition) is 5. The van der Waals surface area contributed by atoms with E-state index in [4.69, 9.17) is 4.52 Å². The van der Waals surface area contributed by atoms with Crippen molar-refractivity contribution < 1.29 is 9.32 Å². The molecule has 2 aromatic carbocycles. The summed E-state index contributed by atoms with van der Waals surface area (Å²) in [4.78, 5) is 24.6. The van der Waals surface area contributed by atoms with Gasteiger partial charge in [-0.3, -0.25) is 4.79 Å². The van der Waals surface area contributed by atoms with Crippen molar-refractivity contribution >= 4 is 33.7 Å². The third-order valence-electron chi connectivity index (χ3n) is 4.58. The Balaban J connectivity index is 1.37. The molecule has 3 aromatic heterocycles. The fourth-order valence-electron chi connectivity index (χ4n) is 3.07. The predicted octanol–water partition coefficient (Wildman–Crippen LogP) is 4.33. The van der Waals surface area contributed by atoms with E-state index in [1.807, 2.05) is 55.5 Å². The smallest absolute Gasteiger partial charge is 0.257 e. The summed E-state index contributed by atoms with van der Waals surface area (Å²) < 4.78 is 5.08.